The zero-order valence-corrected chi connectivity index (χ0v) is 10.6. The highest BCUT2D eigenvalue weighted by Crippen LogP contribution is 2.14. The number of nitrogens with one attached hydrogen (secondary N) is 2. The van der Waals surface area contributed by atoms with Crippen LogP contribution in [0.1, 0.15) is 32.1 Å². The van der Waals surface area contributed by atoms with Gasteiger partial charge in [0.15, 0.2) is 6.29 Å². The van der Waals surface area contributed by atoms with Crippen molar-refractivity contribution in [1.29, 1.82) is 0 Å². The molecular formula is C11H22N4O3. The van der Waals surface area contributed by atoms with Crippen LogP contribution >= 0.6 is 0 Å². The Hall–Kier alpha value is -0.730. The van der Waals surface area contributed by atoms with E-state index in [0.717, 1.165) is 45.3 Å². The summed E-state index contributed by atoms with van der Waals surface area (Å²) in [6.45, 7) is 5.72. The molecule has 0 radical (unpaired) electrons. The van der Waals surface area contributed by atoms with E-state index in [1.54, 1.807) is 0 Å². The average Bonchev–Trinajstić information content (AvgIpc) is 2.45. The first kappa shape index (κ1) is 13.7. The van der Waals surface area contributed by atoms with Gasteiger partial charge in [-0.25, -0.2) is 10.3 Å². The lowest BCUT2D eigenvalue weighted by molar-refractivity contribution is -0.316. The molecule has 104 valence electrons. The summed E-state index contributed by atoms with van der Waals surface area (Å²) in [7, 11) is 0. The maximum atomic E-state index is 5.50. The minimum atomic E-state index is -0.249. The molecule has 0 bridgehead atoms. The topological polar surface area (TPSA) is 67.4 Å². The molecule has 2 aliphatic heterocycles. The van der Waals surface area contributed by atoms with Gasteiger partial charge in [0.05, 0.1) is 6.61 Å². The Balaban J connectivity index is 1.65. The van der Waals surface area contributed by atoms with Gasteiger partial charge in [0.2, 0.25) is 0 Å². The minimum absolute atomic E-state index is 0.249. The van der Waals surface area contributed by atoms with E-state index < -0.39 is 0 Å². The first-order valence-electron chi connectivity index (χ1n) is 6.52. The van der Waals surface area contributed by atoms with E-state index in [9.17, 15) is 0 Å². The Morgan fingerprint density at radius 2 is 2.17 bits per heavy atom. The lowest BCUT2D eigenvalue weighted by Crippen LogP contribution is -2.52. The lowest BCUT2D eigenvalue weighted by Gasteiger charge is -2.29. The van der Waals surface area contributed by atoms with Crippen molar-refractivity contribution in [2.45, 2.75) is 44.4 Å². The number of ether oxygens (including phenoxy) is 2. The van der Waals surface area contributed by atoms with Gasteiger partial charge in [-0.1, -0.05) is 5.28 Å². The molecule has 2 rings (SSSR count). The molecule has 0 aromatic carbocycles. The van der Waals surface area contributed by atoms with Crippen molar-refractivity contribution in [3.63, 3.8) is 0 Å². The van der Waals surface area contributed by atoms with Gasteiger partial charge in [0.25, 0.3) is 0 Å². The predicted molar refractivity (Wildman–Crippen MR) is 66.2 cm³/mol. The third kappa shape index (κ3) is 4.51. The molecule has 0 amide bonds. The van der Waals surface area contributed by atoms with Crippen LogP contribution in [0.5, 0.6) is 0 Å². The van der Waals surface area contributed by atoms with Crippen molar-refractivity contribution in [2.24, 2.45) is 5.10 Å². The third-order valence-electron chi connectivity index (χ3n) is 3.01. The van der Waals surface area contributed by atoms with Gasteiger partial charge in [-0.05, 0) is 25.7 Å². The molecule has 2 N–H and O–H groups in total. The fourth-order valence-corrected chi connectivity index (χ4v) is 2.00. The van der Waals surface area contributed by atoms with E-state index in [0.29, 0.717) is 6.61 Å². The number of hydrogen-bond acceptors (Lipinski definition) is 7. The first-order chi connectivity index (χ1) is 8.88. The van der Waals surface area contributed by atoms with Crippen LogP contribution in [0.2, 0.25) is 0 Å². The molecule has 2 atom stereocenters. The van der Waals surface area contributed by atoms with Gasteiger partial charge >= 0.3 is 0 Å². The highest BCUT2D eigenvalue weighted by molar-refractivity contribution is 5.21. The molecule has 2 saturated heterocycles. The number of nitrogens with zero attached hydrogens (tertiary/aromatic N) is 2. The Kier molecular flexibility index (Phi) is 5.82. The minimum Gasteiger partial charge on any atom is -0.380 e. The second-order valence-electron chi connectivity index (χ2n) is 4.49. The Morgan fingerprint density at radius 3 is 2.83 bits per heavy atom. The SMILES string of the molecule is C=NN(NNC1CCCOC1)OC1CCCCO1. The second kappa shape index (κ2) is 7.65. The van der Waals surface area contributed by atoms with Crippen LogP contribution in [0.4, 0.5) is 0 Å². The third-order valence-corrected chi connectivity index (χ3v) is 3.01. The van der Waals surface area contributed by atoms with Crippen molar-refractivity contribution in [1.82, 2.24) is 16.2 Å². The number of hydrazine groups is 2. The van der Waals surface area contributed by atoms with Gasteiger partial charge in [0, 0.05) is 32.4 Å². The average molecular weight is 258 g/mol. The molecule has 7 nitrogen and oxygen atoms in total. The van der Waals surface area contributed by atoms with Crippen LogP contribution < -0.4 is 11.0 Å². The number of hydrazone groups is 1. The summed E-state index contributed by atoms with van der Waals surface area (Å²) < 4.78 is 10.8. The molecule has 0 saturated carbocycles. The maximum absolute atomic E-state index is 5.50. The van der Waals surface area contributed by atoms with E-state index in [2.05, 4.69) is 22.8 Å². The van der Waals surface area contributed by atoms with Crippen LogP contribution in [0.15, 0.2) is 5.10 Å². The Morgan fingerprint density at radius 1 is 1.22 bits per heavy atom. The lowest BCUT2D eigenvalue weighted by atomic mass is 10.1. The van der Waals surface area contributed by atoms with Gasteiger partial charge in [-0.2, -0.15) is 0 Å². The maximum Gasteiger partial charge on any atom is 0.187 e. The van der Waals surface area contributed by atoms with E-state index in [-0.39, 0.29) is 12.3 Å². The molecule has 0 aromatic heterocycles. The van der Waals surface area contributed by atoms with Gasteiger partial charge in [-0.3, -0.25) is 0 Å². The van der Waals surface area contributed by atoms with Gasteiger partial charge in [-0.15, -0.1) is 10.6 Å². The van der Waals surface area contributed by atoms with Crippen molar-refractivity contribution in [3.05, 3.63) is 0 Å². The fourth-order valence-electron chi connectivity index (χ4n) is 2.00. The highest BCUT2D eigenvalue weighted by atomic mass is 16.8. The largest absolute Gasteiger partial charge is 0.380 e. The summed E-state index contributed by atoms with van der Waals surface area (Å²) in [5.74, 6) is 0. The van der Waals surface area contributed by atoms with Crippen LogP contribution in [0, 0.1) is 0 Å². The molecule has 7 heteroatoms. The molecule has 2 aliphatic rings. The van der Waals surface area contributed by atoms with Crippen LogP contribution in [0.3, 0.4) is 0 Å². The molecule has 0 aliphatic carbocycles. The highest BCUT2D eigenvalue weighted by Gasteiger charge is 2.19. The van der Waals surface area contributed by atoms with E-state index in [4.69, 9.17) is 14.3 Å². The molecule has 0 spiro atoms. The van der Waals surface area contributed by atoms with Crippen LogP contribution in [0.25, 0.3) is 0 Å². The monoisotopic (exact) mass is 258 g/mol. The molecule has 2 unspecified atom stereocenters. The first-order valence-corrected chi connectivity index (χ1v) is 6.52. The van der Waals surface area contributed by atoms with E-state index in [1.165, 1.54) is 5.28 Å². The standard InChI is InChI=1S/C11H22N4O3/c1-12-15(18-11-6-2-3-8-17-11)14-13-10-5-4-7-16-9-10/h10-11,13-14H,1-9H2. The van der Waals surface area contributed by atoms with Crippen LogP contribution in [-0.4, -0.2) is 44.2 Å². The summed E-state index contributed by atoms with van der Waals surface area (Å²) >= 11 is 0. The van der Waals surface area contributed by atoms with Gasteiger partial charge in [0.1, 0.15) is 0 Å². The van der Waals surface area contributed by atoms with E-state index in [1.807, 2.05) is 0 Å². The zero-order valence-electron chi connectivity index (χ0n) is 10.6. The van der Waals surface area contributed by atoms with Crippen molar-refractivity contribution in [3.8, 4) is 0 Å². The van der Waals surface area contributed by atoms with Crippen molar-refractivity contribution >= 4 is 6.72 Å². The number of hydrogen-bond donors (Lipinski definition) is 2. The summed E-state index contributed by atoms with van der Waals surface area (Å²) in [6.07, 6.45) is 4.96. The summed E-state index contributed by atoms with van der Waals surface area (Å²) in [5.41, 5.74) is 5.96. The zero-order chi connectivity index (χ0) is 12.6. The van der Waals surface area contributed by atoms with Crippen molar-refractivity contribution in [2.75, 3.05) is 19.8 Å². The normalized spacial score (nSPS) is 28.9. The Bertz CT molecular complexity index is 242. The number of rotatable bonds is 6. The molecule has 2 fully saturated rings. The van der Waals surface area contributed by atoms with Crippen molar-refractivity contribution < 1.29 is 14.3 Å². The summed E-state index contributed by atoms with van der Waals surface area (Å²) in [5, 5.41) is 4.95. The smallest absolute Gasteiger partial charge is 0.187 e. The molecule has 18 heavy (non-hydrogen) atoms. The fraction of sp³-hybridized carbons (Fsp3) is 0.909. The van der Waals surface area contributed by atoms with Gasteiger partial charge < -0.3 is 9.47 Å². The quantitative estimate of drug-likeness (QED) is 0.536. The summed E-state index contributed by atoms with van der Waals surface area (Å²) in [6, 6.07) is 0.263. The second-order valence-corrected chi connectivity index (χ2v) is 4.49. The molecular weight excluding hydrogens is 236 g/mol. The summed E-state index contributed by atoms with van der Waals surface area (Å²) in [4.78, 5) is 5.50. The van der Waals surface area contributed by atoms with E-state index >= 15 is 0 Å². The predicted octanol–water partition coefficient (Wildman–Crippen LogP) is 0.550. The molecule has 0 aromatic rings. The molecule has 2 heterocycles. The Labute approximate surface area is 107 Å². The van der Waals surface area contributed by atoms with Crippen LogP contribution in [-0.2, 0) is 14.3 Å².